The molecule has 1 aliphatic heterocycles. The van der Waals surface area contributed by atoms with Gasteiger partial charge < -0.3 is 15.3 Å². The maximum Gasteiger partial charge on any atom is 0.257 e. The number of halogens is 1. The molecular formula is C16H23IN2O2. The molecule has 1 aromatic rings. The summed E-state index contributed by atoms with van der Waals surface area (Å²) in [7, 11) is 0. The molecular weight excluding hydrogens is 379 g/mol. The van der Waals surface area contributed by atoms with Gasteiger partial charge in [0.1, 0.15) is 5.75 Å². The number of carbonyl (C=O) groups is 1. The number of benzene rings is 1. The normalized spacial score (nSPS) is 16.2. The van der Waals surface area contributed by atoms with Crippen LogP contribution in [0.15, 0.2) is 18.2 Å². The van der Waals surface area contributed by atoms with Gasteiger partial charge in [-0.2, -0.15) is 0 Å². The van der Waals surface area contributed by atoms with Crippen LogP contribution in [0.2, 0.25) is 0 Å². The molecule has 116 valence electrons. The second kappa shape index (κ2) is 7.45. The number of phenolic OH excluding ortho intramolecular Hbond substituents is 1. The molecule has 1 aromatic carbocycles. The molecule has 1 aliphatic rings. The third kappa shape index (κ3) is 4.32. The van der Waals surface area contributed by atoms with Crippen LogP contribution in [0.5, 0.6) is 5.75 Å². The van der Waals surface area contributed by atoms with E-state index in [4.69, 9.17) is 0 Å². The summed E-state index contributed by atoms with van der Waals surface area (Å²) in [4.78, 5) is 14.7. The number of nitrogens with zero attached hydrogens (tertiary/aromatic N) is 1. The average Bonchev–Trinajstić information content (AvgIpc) is 2.47. The van der Waals surface area contributed by atoms with E-state index in [1.165, 1.54) is 0 Å². The van der Waals surface area contributed by atoms with Crippen LogP contribution in [0.4, 0.5) is 0 Å². The highest BCUT2D eigenvalue weighted by Crippen LogP contribution is 2.24. The van der Waals surface area contributed by atoms with Crippen molar-refractivity contribution >= 4 is 28.5 Å². The Morgan fingerprint density at radius 1 is 1.43 bits per heavy atom. The minimum absolute atomic E-state index is 0.0661. The molecule has 0 bridgehead atoms. The van der Waals surface area contributed by atoms with Gasteiger partial charge >= 0.3 is 0 Å². The predicted octanol–water partition coefficient (Wildman–Crippen LogP) is 2.85. The summed E-state index contributed by atoms with van der Waals surface area (Å²) in [5.74, 6) is 0.540. The SMILES string of the molecule is CC(C)N(CC1CCNCC1)C(=O)c1cc(I)ccc1O. The Morgan fingerprint density at radius 2 is 2.10 bits per heavy atom. The number of phenols is 1. The minimum Gasteiger partial charge on any atom is -0.507 e. The highest BCUT2D eigenvalue weighted by molar-refractivity contribution is 14.1. The number of rotatable bonds is 4. The largest absolute Gasteiger partial charge is 0.507 e. The van der Waals surface area contributed by atoms with Gasteiger partial charge in [0, 0.05) is 16.2 Å². The highest BCUT2D eigenvalue weighted by atomic mass is 127. The number of carbonyl (C=O) groups excluding carboxylic acids is 1. The molecule has 1 fully saturated rings. The summed E-state index contributed by atoms with van der Waals surface area (Å²) in [5.41, 5.74) is 0.407. The molecule has 0 atom stereocenters. The zero-order valence-corrected chi connectivity index (χ0v) is 14.8. The number of piperidine rings is 1. The summed E-state index contributed by atoms with van der Waals surface area (Å²) in [6.45, 7) is 6.88. The van der Waals surface area contributed by atoms with E-state index in [0.717, 1.165) is 36.0 Å². The molecule has 5 heteroatoms. The monoisotopic (exact) mass is 402 g/mol. The molecule has 0 aliphatic carbocycles. The summed E-state index contributed by atoms with van der Waals surface area (Å²) < 4.78 is 0.958. The number of hydrogen-bond donors (Lipinski definition) is 2. The highest BCUT2D eigenvalue weighted by Gasteiger charge is 2.25. The van der Waals surface area contributed by atoms with Crippen molar-refractivity contribution in [2.75, 3.05) is 19.6 Å². The Morgan fingerprint density at radius 3 is 2.71 bits per heavy atom. The Balaban J connectivity index is 2.16. The number of amides is 1. The van der Waals surface area contributed by atoms with Crippen molar-refractivity contribution in [3.63, 3.8) is 0 Å². The van der Waals surface area contributed by atoms with Crippen molar-refractivity contribution in [2.24, 2.45) is 5.92 Å². The lowest BCUT2D eigenvalue weighted by atomic mass is 9.96. The lowest BCUT2D eigenvalue weighted by Crippen LogP contribution is -2.43. The van der Waals surface area contributed by atoms with Crippen LogP contribution < -0.4 is 5.32 Å². The number of nitrogens with one attached hydrogen (secondary N) is 1. The van der Waals surface area contributed by atoms with Gasteiger partial charge in [0.15, 0.2) is 0 Å². The van der Waals surface area contributed by atoms with Crippen LogP contribution in [0, 0.1) is 9.49 Å². The first kappa shape index (κ1) is 16.5. The third-order valence-electron chi connectivity index (χ3n) is 3.99. The molecule has 4 nitrogen and oxygen atoms in total. The van der Waals surface area contributed by atoms with E-state index < -0.39 is 0 Å². The Kier molecular flexibility index (Phi) is 5.87. The molecule has 0 saturated carbocycles. The fraction of sp³-hybridized carbons (Fsp3) is 0.562. The predicted molar refractivity (Wildman–Crippen MR) is 92.6 cm³/mol. The van der Waals surface area contributed by atoms with Gasteiger partial charge in [0.25, 0.3) is 5.91 Å². The Hall–Kier alpha value is -0.820. The summed E-state index contributed by atoms with van der Waals surface area (Å²) in [6.07, 6.45) is 2.21. The van der Waals surface area contributed by atoms with Crippen LogP contribution in [0.1, 0.15) is 37.0 Å². The Labute approximate surface area is 140 Å². The van der Waals surface area contributed by atoms with Gasteiger partial charge in [-0.15, -0.1) is 0 Å². The molecule has 21 heavy (non-hydrogen) atoms. The van der Waals surface area contributed by atoms with Crippen LogP contribution >= 0.6 is 22.6 Å². The molecule has 2 rings (SSSR count). The van der Waals surface area contributed by atoms with E-state index in [2.05, 4.69) is 27.9 Å². The van der Waals surface area contributed by atoms with Gasteiger partial charge in [0.05, 0.1) is 5.56 Å². The second-order valence-electron chi connectivity index (χ2n) is 5.91. The molecule has 1 heterocycles. The topological polar surface area (TPSA) is 52.6 Å². The van der Waals surface area contributed by atoms with Crippen LogP contribution in [0.25, 0.3) is 0 Å². The van der Waals surface area contributed by atoms with Gasteiger partial charge in [-0.25, -0.2) is 0 Å². The summed E-state index contributed by atoms with van der Waals surface area (Å²) >= 11 is 2.16. The molecule has 0 spiro atoms. The summed E-state index contributed by atoms with van der Waals surface area (Å²) in [5, 5.41) is 13.3. The molecule has 0 radical (unpaired) electrons. The van der Waals surface area contributed by atoms with E-state index in [-0.39, 0.29) is 17.7 Å². The third-order valence-corrected chi connectivity index (χ3v) is 4.66. The van der Waals surface area contributed by atoms with Gasteiger partial charge in [-0.05, 0) is 86.5 Å². The van der Waals surface area contributed by atoms with E-state index >= 15 is 0 Å². The van der Waals surface area contributed by atoms with Crippen molar-refractivity contribution in [1.82, 2.24) is 10.2 Å². The van der Waals surface area contributed by atoms with Crippen LogP contribution in [0.3, 0.4) is 0 Å². The zero-order valence-electron chi connectivity index (χ0n) is 12.6. The molecule has 1 saturated heterocycles. The molecule has 2 N–H and O–H groups in total. The van der Waals surface area contributed by atoms with Gasteiger partial charge in [0.2, 0.25) is 0 Å². The van der Waals surface area contributed by atoms with Crippen LogP contribution in [-0.2, 0) is 0 Å². The first-order valence-electron chi connectivity index (χ1n) is 7.49. The van der Waals surface area contributed by atoms with Gasteiger partial charge in [-0.1, -0.05) is 0 Å². The Bertz CT molecular complexity index is 499. The van der Waals surface area contributed by atoms with E-state index in [0.29, 0.717) is 11.5 Å². The maximum atomic E-state index is 12.8. The van der Waals surface area contributed by atoms with Crippen molar-refractivity contribution in [3.8, 4) is 5.75 Å². The van der Waals surface area contributed by atoms with Gasteiger partial charge in [-0.3, -0.25) is 4.79 Å². The number of hydrogen-bond acceptors (Lipinski definition) is 3. The van der Waals surface area contributed by atoms with E-state index in [1.807, 2.05) is 18.7 Å². The lowest BCUT2D eigenvalue weighted by Gasteiger charge is -2.33. The van der Waals surface area contributed by atoms with E-state index in [9.17, 15) is 9.90 Å². The van der Waals surface area contributed by atoms with Crippen molar-refractivity contribution in [1.29, 1.82) is 0 Å². The molecule has 0 unspecified atom stereocenters. The quantitative estimate of drug-likeness (QED) is 0.762. The first-order valence-corrected chi connectivity index (χ1v) is 8.57. The zero-order chi connectivity index (χ0) is 15.4. The lowest BCUT2D eigenvalue weighted by molar-refractivity contribution is 0.0655. The van der Waals surface area contributed by atoms with Crippen LogP contribution in [-0.4, -0.2) is 41.6 Å². The van der Waals surface area contributed by atoms with Crippen molar-refractivity contribution < 1.29 is 9.90 Å². The fourth-order valence-corrected chi connectivity index (χ4v) is 3.20. The second-order valence-corrected chi connectivity index (χ2v) is 7.15. The standard InChI is InChI=1S/C16H23IN2O2/c1-11(2)19(10-12-5-7-18-8-6-12)16(21)14-9-13(17)3-4-15(14)20/h3-4,9,11-12,18,20H,5-8,10H2,1-2H3. The van der Waals surface area contributed by atoms with E-state index in [1.54, 1.807) is 18.2 Å². The minimum atomic E-state index is -0.0699. The maximum absolute atomic E-state index is 12.8. The smallest absolute Gasteiger partial charge is 0.257 e. The summed E-state index contributed by atoms with van der Waals surface area (Å²) in [6, 6.07) is 5.29. The average molecular weight is 402 g/mol. The fourth-order valence-electron chi connectivity index (χ4n) is 2.70. The molecule has 0 aromatic heterocycles. The van der Waals surface area contributed by atoms with Crippen molar-refractivity contribution in [3.05, 3.63) is 27.3 Å². The van der Waals surface area contributed by atoms with Crippen molar-refractivity contribution in [2.45, 2.75) is 32.7 Å². The first-order chi connectivity index (χ1) is 9.99. The number of aromatic hydroxyl groups is 1. The molecule has 1 amide bonds.